The fraction of sp³-hybridized carbons (Fsp3) is 0.364. The fourth-order valence-electron chi connectivity index (χ4n) is 3.07. The van der Waals surface area contributed by atoms with E-state index in [9.17, 15) is 19.7 Å². The van der Waals surface area contributed by atoms with E-state index in [-0.39, 0.29) is 34.1 Å². The van der Waals surface area contributed by atoms with Crippen LogP contribution in [0, 0.1) is 16.0 Å². The molecular formula is C22H26ClN3O5. The molecule has 0 radical (unpaired) electrons. The zero-order chi connectivity index (χ0) is 23.1. The summed E-state index contributed by atoms with van der Waals surface area (Å²) in [5.41, 5.74) is 0.598. The van der Waals surface area contributed by atoms with E-state index in [1.54, 1.807) is 7.11 Å². The summed E-state index contributed by atoms with van der Waals surface area (Å²) < 4.78 is 5.16. The Morgan fingerprint density at radius 3 is 2.29 bits per heavy atom. The predicted molar refractivity (Wildman–Crippen MR) is 118 cm³/mol. The third-order valence-electron chi connectivity index (χ3n) is 4.88. The van der Waals surface area contributed by atoms with Gasteiger partial charge in [0, 0.05) is 11.6 Å². The number of hydrogen-bond donors (Lipinski definition) is 2. The SMILES string of the molecule is CCC(NC(=O)C(NC(=O)c1ccc(Cl)c([N+](=O)[O-])c1)C(C)C)c1ccc(OC)cc1. The summed E-state index contributed by atoms with van der Waals surface area (Å²) >= 11 is 5.81. The van der Waals surface area contributed by atoms with Crippen LogP contribution in [-0.2, 0) is 4.79 Å². The summed E-state index contributed by atoms with van der Waals surface area (Å²) in [6, 6.07) is 10.1. The molecule has 31 heavy (non-hydrogen) atoms. The first-order valence-electron chi connectivity index (χ1n) is 9.87. The minimum Gasteiger partial charge on any atom is -0.497 e. The molecule has 2 rings (SSSR count). The number of nitrogens with one attached hydrogen (secondary N) is 2. The molecule has 2 atom stereocenters. The van der Waals surface area contributed by atoms with E-state index < -0.39 is 16.9 Å². The quantitative estimate of drug-likeness (QED) is 0.440. The monoisotopic (exact) mass is 447 g/mol. The zero-order valence-electron chi connectivity index (χ0n) is 17.8. The van der Waals surface area contributed by atoms with Gasteiger partial charge in [-0.15, -0.1) is 0 Å². The van der Waals surface area contributed by atoms with E-state index >= 15 is 0 Å². The van der Waals surface area contributed by atoms with Gasteiger partial charge in [-0.05, 0) is 42.2 Å². The molecule has 2 aromatic rings. The second kappa shape index (κ2) is 10.8. The Balaban J connectivity index is 2.16. The molecule has 2 aromatic carbocycles. The summed E-state index contributed by atoms with van der Waals surface area (Å²) in [6.07, 6.45) is 0.653. The van der Waals surface area contributed by atoms with Gasteiger partial charge in [-0.1, -0.05) is 44.5 Å². The molecule has 0 saturated heterocycles. The van der Waals surface area contributed by atoms with E-state index in [0.717, 1.165) is 11.6 Å². The molecule has 0 aliphatic carbocycles. The van der Waals surface area contributed by atoms with Gasteiger partial charge in [0.15, 0.2) is 0 Å². The normalized spacial score (nSPS) is 12.7. The van der Waals surface area contributed by atoms with Crippen LogP contribution in [-0.4, -0.2) is 29.9 Å². The number of ether oxygens (including phenoxy) is 1. The average molecular weight is 448 g/mol. The standard InChI is InChI=1S/C22H26ClN3O5/c1-5-18(14-6-9-16(31-4)10-7-14)24-22(28)20(13(2)3)25-21(27)15-8-11-17(23)19(12-15)26(29)30/h6-13,18,20H,5H2,1-4H3,(H,24,28)(H,25,27). The number of amides is 2. The van der Waals surface area contributed by atoms with Crippen molar-refractivity contribution in [3.05, 3.63) is 68.7 Å². The number of nitro groups is 1. The molecule has 2 amide bonds. The Hall–Kier alpha value is -3.13. The smallest absolute Gasteiger partial charge is 0.288 e. The Labute approximate surface area is 186 Å². The zero-order valence-corrected chi connectivity index (χ0v) is 18.6. The van der Waals surface area contributed by atoms with E-state index in [1.807, 2.05) is 45.0 Å². The maximum Gasteiger partial charge on any atom is 0.288 e. The molecule has 0 heterocycles. The molecule has 0 aliphatic heterocycles. The van der Waals surface area contributed by atoms with Crippen molar-refractivity contribution in [3.8, 4) is 5.75 Å². The van der Waals surface area contributed by atoms with Crippen LogP contribution in [0.3, 0.4) is 0 Å². The van der Waals surface area contributed by atoms with Crippen molar-refractivity contribution < 1.29 is 19.2 Å². The Morgan fingerprint density at radius 2 is 1.77 bits per heavy atom. The number of carbonyl (C=O) groups is 2. The molecule has 9 heteroatoms. The van der Waals surface area contributed by atoms with Gasteiger partial charge in [-0.25, -0.2) is 0 Å². The number of carbonyl (C=O) groups excluding carboxylic acids is 2. The van der Waals surface area contributed by atoms with Crippen molar-refractivity contribution in [1.29, 1.82) is 0 Å². The highest BCUT2D eigenvalue weighted by atomic mass is 35.5. The summed E-state index contributed by atoms with van der Waals surface area (Å²) in [7, 11) is 1.58. The first kappa shape index (κ1) is 24.1. The van der Waals surface area contributed by atoms with Crippen molar-refractivity contribution >= 4 is 29.1 Å². The third kappa shape index (κ3) is 6.18. The third-order valence-corrected chi connectivity index (χ3v) is 5.20. The first-order chi connectivity index (χ1) is 14.7. The molecule has 2 unspecified atom stereocenters. The predicted octanol–water partition coefficient (Wildman–Crippen LogP) is 4.28. The molecule has 0 aromatic heterocycles. The molecule has 0 saturated carbocycles. The van der Waals surface area contributed by atoms with Crippen LogP contribution in [0.1, 0.15) is 49.2 Å². The lowest BCUT2D eigenvalue weighted by atomic mass is 10.00. The van der Waals surface area contributed by atoms with Gasteiger partial charge in [0.1, 0.15) is 16.8 Å². The number of nitro benzene ring substituents is 1. The number of halogens is 1. The molecule has 8 nitrogen and oxygen atoms in total. The van der Waals surface area contributed by atoms with Gasteiger partial charge in [-0.2, -0.15) is 0 Å². The van der Waals surface area contributed by atoms with Gasteiger partial charge in [0.05, 0.1) is 18.1 Å². The number of rotatable bonds is 9. The molecule has 0 fully saturated rings. The molecule has 2 N–H and O–H groups in total. The van der Waals surface area contributed by atoms with Crippen LogP contribution >= 0.6 is 11.6 Å². The maximum atomic E-state index is 13.0. The van der Waals surface area contributed by atoms with Crippen molar-refractivity contribution in [2.24, 2.45) is 5.92 Å². The van der Waals surface area contributed by atoms with E-state index in [2.05, 4.69) is 10.6 Å². The summed E-state index contributed by atoms with van der Waals surface area (Å²) in [5.74, 6) is -0.422. The lowest BCUT2D eigenvalue weighted by Gasteiger charge is -2.25. The first-order valence-corrected chi connectivity index (χ1v) is 10.2. The van der Waals surface area contributed by atoms with Gasteiger partial charge < -0.3 is 15.4 Å². The Bertz CT molecular complexity index is 947. The second-order valence-corrected chi connectivity index (χ2v) is 7.77. The van der Waals surface area contributed by atoms with Crippen molar-refractivity contribution in [1.82, 2.24) is 10.6 Å². The van der Waals surface area contributed by atoms with Gasteiger partial charge in [0.25, 0.3) is 11.6 Å². The molecular weight excluding hydrogens is 422 g/mol. The molecule has 0 spiro atoms. The van der Waals surface area contributed by atoms with Crippen LogP contribution in [0.4, 0.5) is 5.69 Å². The fourth-order valence-corrected chi connectivity index (χ4v) is 3.26. The summed E-state index contributed by atoms with van der Waals surface area (Å²) in [6.45, 7) is 5.57. The largest absolute Gasteiger partial charge is 0.497 e. The summed E-state index contributed by atoms with van der Waals surface area (Å²) in [4.78, 5) is 36.1. The lowest BCUT2D eigenvalue weighted by Crippen LogP contribution is -2.50. The number of hydrogen-bond acceptors (Lipinski definition) is 5. The summed E-state index contributed by atoms with van der Waals surface area (Å²) in [5, 5.41) is 16.7. The second-order valence-electron chi connectivity index (χ2n) is 7.36. The van der Waals surface area contributed by atoms with Gasteiger partial charge in [0.2, 0.25) is 5.91 Å². The highest BCUT2D eigenvalue weighted by Gasteiger charge is 2.27. The molecule has 166 valence electrons. The van der Waals surface area contributed by atoms with Crippen LogP contribution in [0.2, 0.25) is 5.02 Å². The van der Waals surface area contributed by atoms with Crippen LogP contribution in [0.25, 0.3) is 0 Å². The Morgan fingerprint density at radius 1 is 1.13 bits per heavy atom. The topological polar surface area (TPSA) is 111 Å². The Kier molecular flexibility index (Phi) is 8.38. The highest BCUT2D eigenvalue weighted by Crippen LogP contribution is 2.25. The van der Waals surface area contributed by atoms with E-state index in [0.29, 0.717) is 12.2 Å². The van der Waals surface area contributed by atoms with Crippen molar-refractivity contribution in [3.63, 3.8) is 0 Å². The van der Waals surface area contributed by atoms with Crippen LogP contribution < -0.4 is 15.4 Å². The van der Waals surface area contributed by atoms with Crippen LogP contribution in [0.5, 0.6) is 5.75 Å². The highest BCUT2D eigenvalue weighted by molar-refractivity contribution is 6.32. The van der Waals surface area contributed by atoms with Crippen LogP contribution in [0.15, 0.2) is 42.5 Å². The van der Waals surface area contributed by atoms with Crippen molar-refractivity contribution in [2.45, 2.75) is 39.3 Å². The molecule has 0 aliphatic rings. The van der Waals surface area contributed by atoms with Gasteiger partial charge in [-0.3, -0.25) is 19.7 Å². The number of benzene rings is 2. The maximum absolute atomic E-state index is 13.0. The number of nitrogens with zero attached hydrogens (tertiary/aromatic N) is 1. The van der Waals surface area contributed by atoms with E-state index in [1.165, 1.54) is 12.1 Å². The average Bonchev–Trinajstić information content (AvgIpc) is 2.75. The van der Waals surface area contributed by atoms with E-state index in [4.69, 9.17) is 16.3 Å². The van der Waals surface area contributed by atoms with Crippen molar-refractivity contribution in [2.75, 3.05) is 7.11 Å². The number of methoxy groups -OCH3 is 1. The minimum atomic E-state index is -0.825. The van der Waals surface area contributed by atoms with Gasteiger partial charge >= 0.3 is 0 Å². The lowest BCUT2D eigenvalue weighted by molar-refractivity contribution is -0.384. The molecule has 0 bridgehead atoms. The minimum absolute atomic E-state index is 0.0525.